The average molecular weight is 350 g/mol. The Morgan fingerprint density at radius 1 is 1.23 bits per heavy atom. The van der Waals surface area contributed by atoms with Gasteiger partial charge in [-0.25, -0.2) is 15.0 Å². The van der Waals surface area contributed by atoms with E-state index in [9.17, 15) is 4.79 Å². The molecule has 3 aromatic rings. The Kier molecular flexibility index (Phi) is 4.77. The number of para-hydroxylation sites is 2. The van der Waals surface area contributed by atoms with Crippen LogP contribution in [-0.2, 0) is 11.2 Å². The van der Waals surface area contributed by atoms with E-state index in [-0.39, 0.29) is 11.9 Å². The number of H-pyrrole nitrogens is 1. The molecular formula is C19H22N6O. The maximum Gasteiger partial charge on any atom is 0.225 e. The molecule has 0 bridgehead atoms. The number of anilines is 1. The van der Waals surface area contributed by atoms with Gasteiger partial charge in [-0.3, -0.25) is 4.79 Å². The van der Waals surface area contributed by atoms with Crippen molar-refractivity contribution in [3.8, 4) is 0 Å². The maximum absolute atomic E-state index is 12.3. The molecule has 7 heteroatoms. The van der Waals surface area contributed by atoms with Crippen LogP contribution in [0.5, 0.6) is 0 Å². The molecule has 26 heavy (non-hydrogen) atoms. The summed E-state index contributed by atoms with van der Waals surface area (Å²) in [5, 5.41) is 3.14. The monoisotopic (exact) mass is 350 g/mol. The molecular weight excluding hydrogens is 328 g/mol. The van der Waals surface area contributed by atoms with Gasteiger partial charge in [-0.05, 0) is 31.0 Å². The topological polar surface area (TPSA) is 86.8 Å². The zero-order valence-electron chi connectivity index (χ0n) is 14.6. The minimum absolute atomic E-state index is 0.0614. The Bertz CT molecular complexity index is 845. The van der Waals surface area contributed by atoms with E-state index in [1.165, 1.54) is 0 Å². The van der Waals surface area contributed by atoms with Gasteiger partial charge in [0.05, 0.1) is 11.0 Å². The summed E-state index contributed by atoms with van der Waals surface area (Å²) < 4.78 is 0. The van der Waals surface area contributed by atoms with Crippen molar-refractivity contribution in [1.29, 1.82) is 0 Å². The molecule has 0 saturated carbocycles. The molecule has 134 valence electrons. The zero-order chi connectivity index (χ0) is 17.8. The highest BCUT2D eigenvalue weighted by molar-refractivity contribution is 5.77. The van der Waals surface area contributed by atoms with Gasteiger partial charge in [-0.15, -0.1) is 0 Å². The molecule has 0 aliphatic carbocycles. The lowest BCUT2D eigenvalue weighted by atomic mass is 10.1. The molecule has 1 fully saturated rings. The summed E-state index contributed by atoms with van der Waals surface area (Å²) in [6.07, 6.45) is 6.54. The van der Waals surface area contributed by atoms with Crippen LogP contribution in [0.4, 0.5) is 5.95 Å². The van der Waals surface area contributed by atoms with Gasteiger partial charge in [-0.1, -0.05) is 12.1 Å². The molecule has 1 aliphatic rings. The van der Waals surface area contributed by atoms with E-state index in [0.29, 0.717) is 12.8 Å². The van der Waals surface area contributed by atoms with E-state index in [0.717, 1.165) is 48.7 Å². The molecule has 2 N–H and O–H groups in total. The van der Waals surface area contributed by atoms with Crippen LogP contribution in [0.1, 0.15) is 25.1 Å². The fourth-order valence-corrected chi connectivity index (χ4v) is 3.39. The van der Waals surface area contributed by atoms with Crippen LogP contribution in [0.3, 0.4) is 0 Å². The molecule has 1 aliphatic heterocycles. The Morgan fingerprint density at radius 2 is 2.08 bits per heavy atom. The number of piperidine rings is 1. The van der Waals surface area contributed by atoms with Gasteiger partial charge in [0, 0.05) is 44.4 Å². The number of aromatic amines is 1. The minimum atomic E-state index is 0.0614. The minimum Gasteiger partial charge on any atom is -0.352 e. The summed E-state index contributed by atoms with van der Waals surface area (Å²) in [6, 6.07) is 9.85. The summed E-state index contributed by atoms with van der Waals surface area (Å²) in [5.74, 6) is 1.64. The Hall–Kier alpha value is -2.96. The summed E-state index contributed by atoms with van der Waals surface area (Å²) in [7, 11) is 0. The summed E-state index contributed by atoms with van der Waals surface area (Å²) >= 11 is 0. The van der Waals surface area contributed by atoms with Gasteiger partial charge in [-0.2, -0.15) is 0 Å². The molecule has 1 atom stereocenters. The number of carbonyl (C=O) groups is 1. The number of imidazole rings is 1. The number of fused-ring (bicyclic) bond motifs is 1. The van der Waals surface area contributed by atoms with Gasteiger partial charge in [0.1, 0.15) is 5.82 Å². The lowest BCUT2D eigenvalue weighted by Crippen LogP contribution is -2.48. The maximum atomic E-state index is 12.3. The number of hydrogen-bond acceptors (Lipinski definition) is 5. The Balaban J connectivity index is 1.30. The first kappa shape index (κ1) is 16.5. The number of nitrogens with one attached hydrogen (secondary N) is 2. The van der Waals surface area contributed by atoms with E-state index in [1.54, 1.807) is 12.4 Å². The molecule has 2 aromatic heterocycles. The molecule has 7 nitrogen and oxygen atoms in total. The number of benzene rings is 1. The van der Waals surface area contributed by atoms with Crippen LogP contribution in [0.2, 0.25) is 0 Å². The highest BCUT2D eigenvalue weighted by Gasteiger charge is 2.22. The van der Waals surface area contributed by atoms with Gasteiger partial charge in [0.2, 0.25) is 11.9 Å². The smallest absolute Gasteiger partial charge is 0.225 e. The van der Waals surface area contributed by atoms with Crippen LogP contribution in [-0.4, -0.2) is 45.0 Å². The SMILES string of the molecule is O=C(CCc1nc2ccccc2[nH]1)N[C@@H]1CCCN(c2ncccn2)C1. The van der Waals surface area contributed by atoms with Crippen molar-refractivity contribution in [2.75, 3.05) is 18.0 Å². The van der Waals surface area contributed by atoms with E-state index < -0.39 is 0 Å². The molecule has 1 amide bonds. The summed E-state index contributed by atoms with van der Waals surface area (Å²) in [6.45, 7) is 1.68. The summed E-state index contributed by atoms with van der Waals surface area (Å²) in [4.78, 5) is 30.9. The van der Waals surface area contributed by atoms with Gasteiger partial charge in [0.25, 0.3) is 0 Å². The molecule has 1 aromatic carbocycles. The van der Waals surface area contributed by atoms with Crippen molar-refractivity contribution >= 4 is 22.9 Å². The van der Waals surface area contributed by atoms with Crippen LogP contribution >= 0.6 is 0 Å². The van der Waals surface area contributed by atoms with Gasteiger partial charge in [0.15, 0.2) is 0 Å². The molecule has 3 heterocycles. The standard InChI is InChI=1S/C19H22N6O/c26-18(9-8-17-23-15-6-1-2-7-16(15)24-17)22-14-5-3-12-25(13-14)19-20-10-4-11-21-19/h1-2,4,6-7,10-11,14H,3,5,8-9,12-13H2,(H,22,26)(H,23,24)/t14-/m1/s1. The second-order valence-electron chi connectivity index (χ2n) is 6.60. The Labute approximate surface area is 151 Å². The van der Waals surface area contributed by atoms with Gasteiger partial charge >= 0.3 is 0 Å². The van der Waals surface area contributed by atoms with Crippen molar-refractivity contribution < 1.29 is 4.79 Å². The average Bonchev–Trinajstić information content (AvgIpc) is 3.10. The van der Waals surface area contributed by atoms with Crippen molar-refractivity contribution in [2.45, 2.75) is 31.7 Å². The number of carbonyl (C=O) groups excluding carboxylic acids is 1. The number of aromatic nitrogens is 4. The second kappa shape index (κ2) is 7.51. The number of nitrogens with zero attached hydrogens (tertiary/aromatic N) is 4. The highest BCUT2D eigenvalue weighted by Crippen LogP contribution is 2.16. The molecule has 0 spiro atoms. The lowest BCUT2D eigenvalue weighted by molar-refractivity contribution is -0.121. The van der Waals surface area contributed by atoms with Crippen LogP contribution in [0.15, 0.2) is 42.7 Å². The van der Waals surface area contributed by atoms with Crippen molar-refractivity contribution in [3.63, 3.8) is 0 Å². The van der Waals surface area contributed by atoms with Crippen molar-refractivity contribution in [2.24, 2.45) is 0 Å². The highest BCUT2D eigenvalue weighted by atomic mass is 16.1. The van der Waals surface area contributed by atoms with Gasteiger partial charge < -0.3 is 15.2 Å². The van der Waals surface area contributed by atoms with E-state index in [1.807, 2.05) is 30.3 Å². The normalized spacial score (nSPS) is 17.4. The number of rotatable bonds is 5. The third kappa shape index (κ3) is 3.82. The first-order valence-corrected chi connectivity index (χ1v) is 9.03. The fraction of sp³-hybridized carbons (Fsp3) is 0.368. The molecule has 4 rings (SSSR count). The van der Waals surface area contributed by atoms with Crippen LogP contribution < -0.4 is 10.2 Å². The quantitative estimate of drug-likeness (QED) is 0.736. The number of hydrogen-bond donors (Lipinski definition) is 2. The molecule has 0 unspecified atom stereocenters. The zero-order valence-corrected chi connectivity index (χ0v) is 14.6. The number of aryl methyl sites for hydroxylation is 1. The summed E-state index contributed by atoms with van der Waals surface area (Å²) in [5.41, 5.74) is 1.95. The first-order valence-electron chi connectivity index (χ1n) is 9.03. The third-order valence-corrected chi connectivity index (χ3v) is 4.65. The van der Waals surface area contributed by atoms with Crippen molar-refractivity contribution in [1.82, 2.24) is 25.3 Å². The molecule has 1 saturated heterocycles. The number of amides is 1. The Morgan fingerprint density at radius 3 is 2.92 bits per heavy atom. The first-order chi connectivity index (χ1) is 12.8. The molecule has 0 radical (unpaired) electrons. The van der Waals surface area contributed by atoms with E-state index in [2.05, 4.69) is 30.2 Å². The fourth-order valence-electron chi connectivity index (χ4n) is 3.39. The third-order valence-electron chi connectivity index (χ3n) is 4.65. The van der Waals surface area contributed by atoms with Crippen LogP contribution in [0.25, 0.3) is 11.0 Å². The predicted molar refractivity (Wildman–Crippen MR) is 99.8 cm³/mol. The van der Waals surface area contributed by atoms with E-state index in [4.69, 9.17) is 0 Å². The van der Waals surface area contributed by atoms with Crippen LogP contribution in [0, 0.1) is 0 Å². The predicted octanol–water partition coefficient (Wildman–Crippen LogP) is 2.07. The second-order valence-corrected chi connectivity index (χ2v) is 6.60. The van der Waals surface area contributed by atoms with Crippen molar-refractivity contribution in [3.05, 3.63) is 48.5 Å². The van der Waals surface area contributed by atoms with E-state index >= 15 is 0 Å². The largest absolute Gasteiger partial charge is 0.352 e. The lowest BCUT2D eigenvalue weighted by Gasteiger charge is -2.33.